The Bertz CT molecular complexity index is 405. The van der Waals surface area contributed by atoms with Crippen molar-refractivity contribution < 1.29 is 4.79 Å². The van der Waals surface area contributed by atoms with Crippen molar-refractivity contribution in [2.45, 2.75) is 32.9 Å². The maximum absolute atomic E-state index is 11.8. The first kappa shape index (κ1) is 12.0. The molecule has 0 radical (unpaired) electrons. The summed E-state index contributed by atoms with van der Waals surface area (Å²) >= 11 is 0. The molecule has 1 unspecified atom stereocenters. The van der Waals surface area contributed by atoms with Gasteiger partial charge >= 0.3 is 0 Å². The minimum atomic E-state index is 0.253. The van der Waals surface area contributed by atoms with E-state index in [0.29, 0.717) is 25.4 Å². The molecule has 1 fully saturated rings. The molecule has 4 nitrogen and oxygen atoms in total. The Labute approximate surface area is 102 Å². The summed E-state index contributed by atoms with van der Waals surface area (Å²) in [6, 6.07) is 3.90. The molecule has 0 bridgehead atoms. The molecule has 2 rings (SSSR count). The number of nitrogens with two attached hydrogens (primary N) is 1. The van der Waals surface area contributed by atoms with E-state index in [0.717, 1.165) is 24.2 Å². The largest absolute Gasteiger partial charge is 0.338 e. The molecule has 0 spiro atoms. The highest BCUT2D eigenvalue weighted by Gasteiger charge is 2.28. The number of pyridine rings is 1. The lowest BCUT2D eigenvalue weighted by Crippen LogP contribution is -2.25. The Morgan fingerprint density at radius 3 is 3.06 bits per heavy atom. The predicted octanol–water partition coefficient (Wildman–Crippen LogP) is 1.30. The van der Waals surface area contributed by atoms with E-state index in [2.05, 4.69) is 11.9 Å². The van der Waals surface area contributed by atoms with Crippen LogP contribution in [0.2, 0.25) is 0 Å². The van der Waals surface area contributed by atoms with Gasteiger partial charge in [0.15, 0.2) is 0 Å². The molecule has 1 aliphatic heterocycles. The van der Waals surface area contributed by atoms with Gasteiger partial charge in [0.2, 0.25) is 5.91 Å². The molecular weight excluding hydrogens is 214 g/mol. The summed E-state index contributed by atoms with van der Waals surface area (Å²) in [4.78, 5) is 18.0. The Kier molecular flexibility index (Phi) is 3.74. The van der Waals surface area contributed by atoms with Gasteiger partial charge in [-0.15, -0.1) is 0 Å². The van der Waals surface area contributed by atoms with E-state index in [4.69, 9.17) is 5.73 Å². The van der Waals surface area contributed by atoms with Crippen molar-refractivity contribution in [2.24, 2.45) is 11.7 Å². The minimum absolute atomic E-state index is 0.253. The van der Waals surface area contributed by atoms with Gasteiger partial charge in [0.05, 0.1) is 5.69 Å². The van der Waals surface area contributed by atoms with Crippen molar-refractivity contribution in [3.8, 4) is 0 Å². The Morgan fingerprint density at radius 1 is 1.59 bits per heavy atom. The molecular formula is C13H19N3O. The number of hydrogen-bond donors (Lipinski definition) is 1. The molecule has 1 aromatic heterocycles. The fourth-order valence-electron chi connectivity index (χ4n) is 2.28. The van der Waals surface area contributed by atoms with Gasteiger partial charge in [-0.2, -0.15) is 0 Å². The van der Waals surface area contributed by atoms with E-state index in [1.165, 1.54) is 0 Å². The summed E-state index contributed by atoms with van der Waals surface area (Å²) in [7, 11) is 0. The van der Waals surface area contributed by atoms with Gasteiger partial charge in [-0.1, -0.05) is 19.4 Å². The first-order valence-electron chi connectivity index (χ1n) is 6.15. The third-order valence-electron chi connectivity index (χ3n) is 3.41. The lowest BCUT2D eigenvalue weighted by molar-refractivity contribution is -0.128. The molecule has 1 atom stereocenters. The van der Waals surface area contributed by atoms with Gasteiger partial charge in [0.1, 0.15) is 0 Å². The van der Waals surface area contributed by atoms with Gasteiger partial charge in [-0.25, -0.2) is 0 Å². The van der Waals surface area contributed by atoms with E-state index in [1.54, 1.807) is 6.20 Å². The van der Waals surface area contributed by atoms with E-state index in [9.17, 15) is 4.79 Å². The van der Waals surface area contributed by atoms with Crippen LogP contribution in [0.5, 0.6) is 0 Å². The molecule has 2 N–H and O–H groups in total. The zero-order chi connectivity index (χ0) is 12.3. The first-order valence-corrected chi connectivity index (χ1v) is 6.15. The topological polar surface area (TPSA) is 59.2 Å². The van der Waals surface area contributed by atoms with Crippen LogP contribution in [0.3, 0.4) is 0 Å². The number of amides is 1. The Balaban J connectivity index is 2.08. The number of hydrogen-bond acceptors (Lipinski definition) is 3. The lowest BCUT2D eigenvalue weighted by atomic mass is 10.1. The normalized spacial score (nSPS) is 20.0. The highest BCUT2D eigenvalue weighted by atomic mass is 16.2. The van der Waals surface area contributed by atoms with Crippen molar-refractivity contribution in [2.75, 3.05) is 6.54 Å². The molecule has 92 valence electrons. The molecule has 0 aromatic carbocycles. The van der Waals surface area contributed by atoms with Crippen LogP contribution in [0.1, 0.15) is 31.0 Å². The monoisotopic (exact) mass is 233 g/mol. The third-order valence-corrected chi connectivity index (χ3v) is 3.41. The van der Waals surface area contributed by atoms with Crippen LogP contribution >= 0.6 is 0 Å². The van der Waals surface area contributed by atoms with Crippen LogP contribution in [-0.4, -0.2) is 22.3 Å². The number of likely N-dealkylation sites (tertiary alicyclic amines) is 1. The molecule has 2 heterocycles. The van der Waals surface area contributed by atoms with Crippen LogP contribution in [0, 0.1) is 5.92 Å². The Hall–Kier alpha value is -1.42. The van der Waals surface area contributed by atoms with E-state index in [-0.39, 0.29) is 5.91 Å². The fraction of sp³-hybridized carbons (Fsp3) is 0.538. The highest BCUT2D eigenvalue weighted by molar-refractivity contribution is 5.78. The maximum Gasteiger partial charge on any atom is 0.223 e. The van der Waals surface area contributed by atoms with Crippen LogP contribution in [0.4, 0.5) is 0 Å². The van der Waals surface area contributed by atoms with Gasteiger partial charge < -0.3 is 10.6 Å². The fourth-order valence-corrected chi connectivity index (χ4v) is 2.28. The zero-order valence-electron chi connectivity index (χ0n) is 10.2. The standard InChI is InChI=1S/C13H19N3O/c1-2-10-6-13(17)16(8-10)9-11-4-3-5-15-12(11)7-14/h3-5,10H,2,6-9,14H2,1H3. The number of carbonyl (C=O) groups is 1. The average molecular weight is 233 g/mol. The van der Waals surface area contributed by atoms with Gasteiger partial charge in [0, 0.05) is 32.3 Å². The number of nitrogens with zero attached hydrogens (tertiary/aromatic N) is 2. The quantitative estimate of drug-likeness (QED) is 0.852. The molecule has 17 heavy (non-hydrogen) atoms. The van der Waals surface area contributed by atoms with E-state index < -0.39 is 0 Å². The van der Waals surface area contributed by atoms with Crippen molar-refractivity contribution in [3.05, 3.63) is 29.6 Å². The second kappa shape index (κ2) is 5.27. The van der Waals surface area contributed by atoms with Gasteiger partial charge in [-0.05, 0) is 17.5 Å². The van der Waals surface area contributed by atoms with E-state index >= 15 is 0 Å². The summed E-state index contributed by atoms with van der Waals surface area (Å²) < 4.78 is 0. The SMILES string of the molecule is CCC1CC(=O)N(Cc2cccnc2CN)C1. The van der Waals surface area contributed by atoms with Crippen molar-refractivity contribution in [3.63, 3.8) is 0 Å². The molecule has 1 aliphatic rings. The van der Waals surface area contributed by atoms with Gasteiger partial charge in [-0.3, -0.25) is 9.78 Å². The van der Waals surface area contributed by atoms with Crippen molar-refractivity contribution in [1.82, 2.24) is 9.88 Å². The molecule has 4 heteroatoms. The molecule has 1 aromatic rings. The zero-order valence-corrected chi connectivity index (χ0v) is 10.2. The van der Waals surface area contributed by atoms with Crippen LogP contribution in [0.15, 0.2) is 18.3 Å². The molecule has 0 aliphatic carbocycles. The molecule has 1 amide bonds. The number of rotatable bonds is 4. The maximum atomic E-state index is 11.8. The smallest absolute Gasteiger partial charge is 0.223 e. The minimum Gasteiger partial charge on any atom is -0.338 e. The van der Waals surface area contributed by atoms with Gasteiger partial charge in [0.25, 0.3) is 0 Å². The average Bonchev–Trinajstić information content (AvgIpc) is 2.71. The Morgan fingerprint density at radius 2 is 2.41 bits per heavy atom. The highest BCUT2D eigenvalue weighted by Crippen LogP contribution is 2.22. The van der Waals surface area contributed by atoms with E-state index in [1.807, 2.05) is 17.0 Å². The van der Waals surface area contributed by atoms with Crippen LogP contribution < -0.4 is 5.73 Å². The summed E-state index contributed by atoms with van der Waals surface area (Å²) in [5.74, 6) is 0.768. The van der Waals surface area contributed by atoms with Crippen molar-refractivity contribution >= 4 is 5.91 Å². The number of aromatic nitrogens is 1. The summed E-state index contributed by atoms with van der Waals surface area (Å²) in [5.41, 5.74) is 7.61. The molecule has 1 saturated heterocycles. The van der Waals surface area contributed by atoms with Crippen molar-refractivity contribution in [1.29, 1.82) is 0 Å². The molecule has 0 saturated carbocycles. The van der Waals surface area contributed by atoms with Crippen LogP contribution in [0.25, 0.3) is 0 Å². The predicted molar refractivity (Wildman–Crippen MR) is 65.9 cm³/mol. The number of carbonyl (C=O) groups excluding carboxylic acids is 1. The second-order valence-corrected chi connectivity index (χ2v) is 4.57. The lowest BCUT2D eigenvalue weighted by Gasteiger charge is -2.17. The summed E-state index contributed by atoms with van der Waals surface area (Å²) in [5, 5.41) is 0. The summed E-state index contributed by atoms with van der Waals surface area (Å²) in [6.45, 7) is 4.08. The first-order chi connectivity index (χ1) is 8.24. The summed E-state index contributed by atoms with van der Waals surface area (Å²) in [6.07, 6.45) is 3.50. The van der Waals surface area contributed by atoms with Crippen LogP contribution in [-0.2, 0) is 17.9 Å². The third kappa shape index (κ3) is 2.64. The second-order valence-electron chi connectivity index (χ2n) is 4.57.